The molecule has 0 atom stereocenters. The molecule has 51 valence electrons. The van der Waals surface area contributed by atoms with E-state index >= 15 is 0 Å². The number of carbonyl (C=O) groups excluding carboxylic acids is 1. The quantitative estimate of drug-likeness (QED) is 0.565. The van der Waals surface area contributed by atoms with Crippen molar-refractivity contribution in [2.75, 3.05) is 0 Å². The molecule has 0 bridgehead atoms. The van der Waals surface area contributed by atoms with Gasteiger partial charge in [0.1, 0.15) is 5.69 Å². The fraction of sp³-hybridized carbons (Fsp3) is 0.143. The van der Waals surface area contributed by atoms with Crippen LogP contribution in [-0.4, -0.2) is 15.8 Å². The number of hydrogen-bond acceptors (Lipinski definition) is 3. The Kier molecular flexibility index (Phi) is 2.10. The van der Waals surface area contributed by atoms with Gasteiger partial charge in [-0.15, -0.1) is 0 Å². The summed E-state index contributed by atoms with van der Waals surface area (Å²) in [7, 11) is 0. The SMILES string of the molecule is [CH2]CC(=O)c1cnccn1. The molecule has 0 aliphatic rings. The lowest BCUT2D eigenvalue weighted by atomic mass is 10.2. The summed E-state index contributed by atoms with van der Waals surface area (Å²) in [6, 6.07) is 0. The smallest absolute Gasteiger partial charge is 0.182 e. The van der Waals surface area contributed by atoms with Crippen LogP contribution < -0.4 is 0 Å². The molecule has 3 nitrogen and oxygen atoms in total. The van der Waals surface area contributed by atoms with Crippen molar-refractivity contribution < 1.29 is 4.79 Å². The molecule has 1 aromatic rings. The third-order valence-electron chi connectivity index (χ3n) is 1.08. The van der Waals surface area contributed by atoms with Crippen LogP contribution in [0.15, 0.2) is 18.6 Å². The standard InChI is InChI=1S/C7H7N2O/c1-2-7(10)6-5-8-3-4-9-6/h3-5H,1-2H2. The van der Waals surface area contributed by atoms with Crippen LogP contribution in [0.3, 0.4) is 0 Å². The molecule has 1 rings (SSSR count). The molecule has 0 spiro atoms. The maximum atomic E-state index is 10.8. The van der Waals surface area contributed by atoms with Gasteiger partial charge in [0.25, 0.3) is 0 Å². The second-order valence-electron chi connectivity index (χ2n) is 1.76. The van der Waals surface area contributed by atoms with Crippen LogP contribution in [-0.2, 0) is 0 Å². The number of carbonyl (C=O) groups is 1. The van der Waals surface area contributed by atoms with Gasteiger partial charge in [-0.1, -0.05) is 0 Å². The van der Waals surface area contributed by atoms with E-state index in [0.717, 1.165) is 0 Å². The van der Waals surface area contributed by atoms with E-state index in [2.05, 4.69) is 16.9 Å². The van der Waals surface area contributed by atoms with E-state index in [1.807, 2.05) is 0 Å². The highest BCUT2D eigenvalue weighted by molar-refractivity contribution is 5.94. The average Bonchev–Trinajstić information content (AvgIpc) is 2.05. The van der Waals surface area contributed by atoms with Gasteiger partial charge in [0.2, 0.25) is 0 Å². The molecule has 0 aliphatic heterocycles. The Hall–Kier alpha value is -1.25. The van der Waals surface area contributed by atoms with Crippen LogP contribution in [0.2, 0.25) is 0 Å². The van der Waals surface area contributed by atoms with Gasteiger partial charge >= 0.3 is 0 Å². The van der Waals surface area contributed by atoms with Crippen LogP contribution >= 0.6 is 0 Å². The van der Waals surface area contributed by atoms with Gasteiger partial charge in [0.05, 0.1) is 6.20 Å². The number of aromatic nitrogens is 2. The number of nitrogens with zero attached hydrogens (tertiary/aromatic N) is 2. The van der Waals surface area contributed by atoms with Gasteiger partial charge < -0.3 is 0 Å². The Morgan fingerprint density at radius 1 is 1.60 bits per heavy atom. The molecule has 0 amide bonds. The Labute approximate surface area is 59.1 Å². The maximum absolute atomic E-state index is 10.8. The third-order valence-corrected chi connectivity index (χ3v) is 1.08. The summed E-state index contributed by atoms with van der Waals surface area (Å²) in [6.45, 7) is 3.44. The number of hydrogen-bond donors (Lipinski definition) is 0. The first kappa shape index (κ1) is 6.86. The molecule has 0 aromatic carbocycles. The van der Waals surface area contributed by atoms with E-state index in [1.54, 1.807) is 0 Å². The van der Waals surface area contributed by atoms with Crippen molar-refractivity contribution >= 4 is 5.78 Å². The van der Waals surface area contributed by atoms with Crippen molar-refractivity contribution in [1.82, 2.24) is 9.97 Å². The van der Waals surface area contributed by atoms with E-state index in [4.69, 9.17) is 0 Å². The Morgan fingerprint density at radius 3 is 2.90 bits per heavy atom. The molecule has 0 aliphatic carbocycles. The van der Waals surface area contributed by atoms with Gasteiger partial charge in [-0.05, 0) is 6.92 Å². The Morgan fingerprint density at radius 2 is 2.40 bits per heavy atom. The van der Waals surface area contributed by atoms with Gasteiger partial charge in [-0.2, -0.15) is 0 Å². The molecule has 3 heteroatoms. The van der Waals surface area contributed by atoms with Gasteiger partial charge in [0, 0.05) is 18.8 Å². The molecule has 0 N–H and O–H groups in total. The van der Waals surface area contributed by atoms with Gasteiger partial charge in [0.15, 0.2) is 5.78 Å². The summed E-state index contributed by atoms with van der Waals surface area (Å²) in [6.07, 6.45) is 4.69. The summed E-state index contributed by atoms with van der Waals surface area (Å²) >= 11 is 0. The van der Waals surface area contributed by atoms with E-state index < -0.39 is 0 Å². The van der Waals surface area contributed by atoms with Crippen LogP contribution in [0.4, 0.5) is 0 Å². The van der Waals surface area contributed by atoms with E-state index in [1.165, 1.54) is 18.6 Å². The second-order valence-corrected chi connectivity index (χ2v) is 1.76. The molecule has 0 fully saturated rings. The van der Waals surface area contributed by atoms with Gasteiger partial charge in [-0.3, -0.25) is 9.78 Å². The van der Waals surface area contributed by atoms with Gasteiger partial charge in [-0.25, -0.2) is 4.98 Å². The van der Waals surface area contributed by atoms with Crippen molar-refractivity contribution in [2.24, 2.45) is 0 Å². The highest BCUT2D eigenvalue weighted by Crippen LogP contribution is 1.94. The Bertz CT molecular complexity index is 220. The summed E-state index contributed by atoms with van der Waals surface area (Å²) in [5, 5.41) is 0. The molecule has 1 radical (unpaired) electrons. The zero-order chi connectivity index (χ0) is 7.40. The van der Waals surface area contributed by atoms with Crippen molar-refractivity contribution in [3.05, 3.63) is 31.2 Å². The average molecular weight is 135 g/mol. The number of ketones is 1. The highest BCUT2D eigenvalue weighted by atomic mass is 16.1. The van der Waals surface area contributed by atoms with E-state index in [9.17, 15) is 4.79 Å². The fourth-order valence-electron chi connectivity index (χ4n) is 0.571. The first-order chi connectivity index (χ1) is 4.84. The summed E-state index contributed by atoms with van der Waals surface area (Å²) in [5.41, 5.74) is 0.387. The zero-order valence-electron chi connectivity index (χ0n) is 5.45. The maximum Gasteiger partial charge on any atom is 0.182 e. The molecular weight excluding hydrogens is 128 g/mol. The summed E-state index contributed by atoms with van der Waals surface area (Å²) in [4.78, 5) is 18.4. The molecular formula is C7H7N2O. The van der Waals surface area contributed by atoms with E-state index in [-0.39, 0.29) is 12.2 Å². The zero-order valence-corrected chi connectivity index (χ0v) is 5.45. The number of rotatable bonds is 2. The lowest BCUT2D eigenvalue weighted by molar-refractivity contribution is 0.0990. The van der Waals surface area contributed by atoms with Crippen LogP contribution in [0.5, 0.6) is 0 Å². The van der Waals surface area contributed by atoms with Crippen LogP contribution in [0.1, 0.15) is 16.9 Å². The predicted octanol–water partition coefficient (Wildman–Crippen LogP) is 0.883. The summed E-state index contributed by atoms with van der Waals surface area (Å²) in [5.74, 6) is -0.0758. The van der Waals surface area contributed by atoms with Crippen molar-refractivity contribution in [1.29, 1.82) is 0 Å². The van der Waals surface area contributed by atoms with Crippen LogP contribution in [0, 0.1) is 6.92 Å². The first-order valence-electron chi connectivity index (χ1n) is 2.93. The minimum atomic E-state index is -0.0758. The lowest BCUT2D eigenvalue weighted by Crippen LogP contribution is -1.99. The minimum absolute atomic E-state index is 0.0758. The molecule has 1 heterocycles. The highest BCUT2D eigenvalue weighted by Gasteiger charge is 2.01. The number of Topliss-reactive ketones (excluding diaryl/α,β-unsaturated/α-hetero) is 1. The predicted molar refractivity (Wildman–Crippen MR) is 36.3 cm³/mol. The van der Waals surface area contributed by atoms with E-state index in [0.29, 0.717) is 5.69 Å². The monoisotopic (exact) mass is 135 g/mol. The molecule has 1 aromatic heterocycles. The molecule has 10 heavy (non-hydrogen) atoms. The normalized spacial score (nSPS) is 9.30. The molecule has 0 unspecified atom stereocenters. The second kappa shape index (κ2) is 3.06. The minimum Gasteiger partial charge on any atom is -0.292 e. The molecule has 0 saturated heterocycles. The van der Waals surface area contributed by atoms with Crippen molar-refractivity contribution in [3.8, 4) is 0 Å². The lowest BCUT2D eigenvalue weighted by Gasteiger charge is -1.91. The topological polar surface area (TPSA) is 42.9 Å². The first-order valence-corrected chi connectivity index (χ1v) is 2.93. The summed E-state index contributed by atoms with van der Waals surface area (Å²) < 4.78 is 0. The van der Waals surface area contributed by atoms with Crippen molar-refractivity contribution in [3.63, 3.8) is 0 Å². The third kappa shape index (κ3) is 1.37. The van der Waals surface area contributed by atoms with Crippen LogP contribution in [0.25, 0.3) is 0 Å². The fourth-order valence-corrected chi connectivity index (χ4v) is 0.571. The largest absolute Gasteiger partial charge is 0.292 e. The van der Waals surface area contributed by atoms with Crippen molar-refractivity contribution in [2.45, 2.75) is 6.42 Å². The Balaban J connectivity index is 2.85. The molecule has 0 saturated carbocycles.